The maximum Gasteiger partial charge on any atom is 0.336 e. The van der Waals surface area contributed by atoms with Crippen molar-refractivity contribution < 1.29 is 13.6 Å². The highest BCUT2D eigenvalue weighted by Gasteiger charge is 2.25. The quantitative estimate of drug-likeness (QED) is 0.613. The number of hydrogen-bond acceptors (Lipinski definition) is 5. The van der Waals surface area contributed by atoms with Gasteiger partial charge >= 0.3 is 7.60 Å². The van der Waals surface area contributed by atoms with Crippen molar-refractivity contribution in [3.8, 4) is 0 Å². The third kappa shape index (κ3) is 3.20. The fourth-order valence-corrected chi connectivity index (χ4v) is 3.17. The maximum atomic E-state index is 12.2. The van der Waals surface area contributed by atoms with E-state index < -0.39 is 7.60 Å². The monoisotopic (exact) mass is 344 g/mol. The lowest BCUT2D eigenvalue weighted by atomic mass is 10.2. The molecule has 0 unspecified atom stereocenters. The summed E-state index contributed by atoms with van der Waals surface area (Å²) >= 11 is 3.37. The first-order valence-electron chi connectivity index (χ1n) is 5.63. The van der Waals surface area contributed by atoms with E-state index in [-0.39, 0.29) is 6.16 Å². The first kappa shape index (κ1) is 14.6. The van der Waals surface area contributed by atoms with Gasteiger partial charge in [-0.1, -0.05) is 28.1 Å². The van der Waals surface area contributed by atoms with Gasteiger partial charge in [0.25, 0.3) is 0 Å². The van der Waals surface area contributed by atoms with Crippen molar-refractivity contribution in [2.75, 3.05) is 14.2 Å². The van der Waals surface area contributed by atoms with Gasteiger partial charge in [0.05, 0.1) is 28.6 Å². The molecule has 2 rings (SSSR count). The minimum Gasteiger partial charge on any atom is -0.312 e. The number of para-hydroxylation sites is 2. The van der Waals surface area contributed by atoms with Crippen LogP contribution in [0.3, 0.4) is 0 Å². The molecule has 0 saturated carbocycles. The van der Waals surface area contributed by atoms with E-state index in [1.807, 2.05) is 24.3 Å². The molecule has 0 spiro atoms. The summed E-state index contributed by atoms with van der Waals surface area (Å²) in [5, 5.41) is 0.535. The van der Waals surface area contributed by atoms with Crippen LogP contribution >= 0.6 is 23.5 Å². The van der Waals surface area contributed by atoms with Gasteiger partial charge in [0, 0.05) is 19.5 Å². The smallest absolute Gasteiger partial charge is 0.312 e. The molecule has 1 aromatic heterocycles. The lowest BCUT2D eigenvalue weighted by Crippen LogP contribution is -2.03. The Kier molecular flexibility index (Phi) is 4.68. The zero-order chi connectivity index (χ0) is 13.9. The second kappa shape index (κ2) is 6.09. The highest BCUT2D eigenvalue weighted by Crippen LogP contribution is 2.49. The minimum absolute atomic E-state index is 0.110. The molecular weight excluding hydrogens is 331 g/mol. The van der Waals surface area contributed by atoms with Crippen LogP contribution in [0.15, 0.2) is 24.3 Å². The van der Waals surface area contributed by atoms with Crippen LogP contribution < -0.4 is 0 Å². The molecule has 0 atom stereocenters. The summed E-state index contributed by atoms with van der Waals surface area (Å²) in [6.45, 7) is 0. The molecule has 0 bridgehead atoms. The number of rotatable bonds is 5. The molecule has 102 valence electrons. The molecule has 0 aliphatic carbocycles. The summed E-state index contributed by atoms with van der Waals surface area (Å²) in [7, 11) is -0.409. The number of aromatic nitrogens is 2. The molecule has 0 aliphatic heterocycles. The lowest BCUT2D eigenvalue weighted by molar-refractivity contribution is 0.274. The fourth-order valence-electron chi connectivity index (χ4n) is 1.69. The number of halogens is 1. The van der Waals surface area contributed by atoms with Gasteiger partial charge in [-0.3, -0.25) is 4.57 Å². The summed E-state index contributed by atoms with van der Waals surface area (Å²) in [5.41, 5.74) is 2.95. The maximum absolute atomic E-state index is 12.2. The molecule has 0 amide bonds. The van der Waals surface area contributed by atoms with Crippen molar-refractivity contribution in [2.45, 2.75) is 11.5 Å². The van der Waals surface area contributed by atoms with Crippen LogP contribution in [-0.4, -0.2) is 24.2 Å². The summed E-state index contributed by atoms with van der Waals surface area (Å²) in [4.78, 5) is 9.01. The number of benzene rings is 1. The van der Waals surface area contributed by atoms with E-state index >= 15 is 0 Å². The Morgan fingerprint density at radius 3 is 2.11 bits per heavy atom. The predicted molar refractivity (Wildman–Crippen MR) is 77.5 cm³/mol. The topological polar surface area (TPSA) is 61.3 Å². The number of fused-ring (bicyclic) bond motifs is 1. The third-order valence-electron chi connectivity index (χ3n) is 2.75. The van der Waals surface area contributed by atoms with E-state index in [0.29, 0.717) is 11.0 Å². The van der Waals surface area contributed by atoms with Crippen molar-refractivity contribution in [3.63, 3.8) is 0 Å². The van der Waals surface area contributed by atoms with Crippen molar-refractivity contribution in [2.24, 2.45) is 0 Å². The first-order valence-corrected chi connectivity index (χ1v) is 8.48. The normalized spacial score (nSPS) is 11.9. The fraction of sp³-hybridized carbons (Fsp3) is 0.333. The Bertz CT molecular complexity index is 627. The SMILES string of the molecule is COP(=O)(Cc1nc2ccccc2nc1CBr)OC. The molecule has 1 heterocycles. The van der Waals surface area contributed by atoms with Crippen LogP contribution in [0.1, 0.15) is 11.4 Å². The first-order chi connectivity index (χ1) is 9.11. The van der Waals surface area contributed by atoms with E-state index in [9.17, 15) is 4.57 Å². The van der Waals surface area contributed by atoms with Crippen LogP contribution in [-0.2, 0) is 25.1 Å². The molecule has 19 heavy (non-hydrogen) atoms. The number of nitrogens with zero attached hydrogens (tertiary/aromatic N) is 2. The second-order valence-corrected chi connectivity index (χ2v) is 6.70. The van der Waals surface area contributed by atoms with E-state index in [1.165, 1.54) is 14.2 Å². The van der Waals surface area contributed by atoms with Crippen molar-refractivity contribution in [1.82, 2.24) is 9.97 Å². The van der Waals surface area contributed by atoms with E-state index in [4.69, 9.17) is 9.05 Å². The van der Waals surface area contributed by atoms with Gasteiger partial charge in [0.15, 0.2) is 0 Å². The van der Waals surface area contributed by atoms with E-state index in [0.717, 1.165) is 16.7 Å². The largest absolute Gasteiger partial charge is 0.336 e. The lowest BCUT2D eigenvalue weighted by Gasteiger charge is -2.14. The average molecular weight is 345 g/mol. The zero-order valence-corrected chi connectivity index (χ0v) is 13.1. The van der Waals surface area contributed by atoms with Gasteiger partial charge in [0.1, 0.15) is 0 Å². The molecule has 2 aromatic rings. The van der Waals surface area contributed by atoms with E-state index in [2.05, 4.69) is 25.9 Å². The van der Waals surface area contributed by atoms with Gasteiger partial charge in [0.2, 0.25) is 0 Å². The Morgan fingerprint density at radius 2 is 1.63 bits per heavy atom. The van der Waals surface area contributed by atoms with Crippen molar-refractivity contribution in [1.29, 1.82) is 0 Å². The predicted octanol–water partition coefficient (Wildman–Crippen LogP) is 3.51. The van der Waals surface area contributed by atoms with Crippen LogP contribution in [0, 0.1) is 0 Å². The minimum atomic E-state index is -3.14. The molecule has 7 heteroatoms. The molecule has 0 N–H and O–H groups in total. The van der Waals surface area contributed by atoms with Crippen LogP contribution in [0.2, 0.25) is 0 Å². The summed E-state index contributed by atoms with van der Waals surface area (Å²) in [6.07, 6.45) is 0.110. The number of hydrogen-bond donors (Lipinski definition) is 0. The summed E-state index contributed by atoms with van der Waals surface area (Å²) in [5.74, 6) is 0. The zero-order valence-electron chi connectivity index (χ0n) is 10.7. The van der Waals surface area contributed by atoms with Crippen molar-refractivity contribution in [3.05, 3.63) is 35.7 Å². The van der Waals surface area contributed by atoms with Crippen LogP contribution in [0.25, 0.3) is 11.0 Å². The van der Waals surface area contributed by atoms with Crippen molar-refractivity contribution >= 4 is 34.6 Å². The highest BCUT2D eigenvalue weighted by molar-refractivity contribution is 9.08. The Balaban J connectivity index is 2.49. The van der Waals surface area contributed by atoms with Gasteiger partial charge in [-0.05, 0) is 12.1 Å². The molecule has 5 nitrogen and oxygen atoms in total. The summed E-state index contributed by atoms with van der Waals surface area (Å²) in [6, 6.07) is 7.56. The molecule has 0 aliphatic rings. The molecule has 0 radical (unpaired) electrons. The molecule has 0 fully saturated rings. The Labute approximate surface area is 120 Å². The number of alkyl halides is 1. The van der Waals surface area contributed by atoms with Gasteiger partial charge < -0.3 is 9.05 Å². The van der Waals surface area contributed by atoms with Gasteiger partial charge in [-0.25, -0.2) is 9.97 Å². The van der Waals surface area contributed by atoms with E-state index in [1.54, 1.807) is 0 Å². The molecular formula is C12H14BrN2O3P. The second-order valence-electron chi connectivity index (χ2n) is 3.87. The molecule has 1 aromatic carbocycles. The molecule has 0 saturated heterocycles. The third-order valence-corrected chi connectivity index (χ3v) is 5.08. The standard InChI is InChI=1S/C12H14BrN2O3P/c1-17-19(16,18-2)8-12-11(7-13)14-9-5-3-4-6-10(9)15-12/h3-6H,7-8H2,1-2H3. The highest BCUT2D eigenvalue weighted by atomic mass is 79.9. The Morgan fingerprint density at radius 1 is 1.11 bits per heavy atom. The Hall–Kier alpha value is -0.810. The summed E-state index contributed by atoms with van der Waals surface area (Å²) < 4.78 is 22.1. The van der Waals surface area contributed by atoms with Gasteiger partial charge in [-0.15, -0.1) is 0 Å². The van der Waals surface area contributed by atoms with Crippen LogP contribution in [0.5, 0.6) is 0 Å². The average Bonchev–Trinajstić information content (AvgIpc) is 2.46. The van der Waals surface area contributed by atoms with Crippen LogP contribution in [0.4, 0.5) is 0 Å². The van der Waals surface area contributed by atoms with Gasteiger partial charge in [-0.2, -0.15) is 0 Å².